The minimum atomic E-state index is -0.171. The van der Waals surface area contributed by atoms with Crippen molar-refractivity contribution in [3.8, 4) is 0 Å². The lowest BCUT2D eigenvalue weighted by molar-refractivity contribution is 0.0948. The smallest absolute Gasteiger partial charge is 0.270 e. The van der Waals surface area contributed by atoms with Crippen LogP contribution in [0.3, 0.4) is 0 Å². The van der Waals surface area contributed by atoms with Crippen LogP contribution in [-0.4, -0.2) is 22.4 Å². The van der Waals surface area contributed by atoms with Crippen molar-refractivity contribution in [2.24, 2.45) is 0 Å². The normalized spacial score (nSPS) is 10.3. The van der Waals surface area contributed by atoms with Crippen LogP contribution in [0.1, 0.15) is 36.7 Å². The summed E-state index contributed by atoms with van der Waals surface area (Å²) in [5.41, 5.74) is 1.22. The van der Waals surface area contributed by atoms with Gasteiger partial charge in [0.05, 0.1) is 0 Å². The molecule has 6 heteroatoms. The Bertz CT molecular complexity index is 633. The van der Waals surface area contributed by atoms with Gasteiger partial charge in [0.15, 0.2) is 0 Å². The molecule has 116 valence electrons. The molecular weight excluding hydrogens is 344 g/mol. The fourth-order valence-corrected chi connectivity index (χ4v) is 2.31. The molecule has 0 saturated heterocycles. The Morgan fingerprint density at radius 3 is 2.91 bits per heavy atom. The van der Waals surface area contributed by atoms with Crippen molar-refractivity contribution >= 4 is 33.5 Å². The van der Waals surface area contributed by atoms with Crippen molar-refractivity contribution < 1.29 is 4.79 Å². The Morgan fingerprint density at radius 2 is 2.14 bits per heavy atom. The predicted octanol–water partition coefficient (Wildman–Crippen LogP) is 3.90. The maximum Gasteiger partial charge on any atom is 0.270 e. The van der Waals surface area contributed by atoms with Crippen molar-refractivity contribution in [3.63, 3.8) is 0 Å². The Kier molecular flexibility index (Phi) is 6.33. The first kappa shape index (κ1) is 16.4. The minimum Gasteiger partial charge on any atom is -0.351 e. The van der Waals surface area contributed by atoms with E-state index >= 15 is 0 Å². The molecule has 2 aromatic rings. The molecule has 0 radical (unpaired) electrons. The van der Waals surface area contributed by atoms with Gasteiger partial charge < -0.3 is 10.6 Å². The summed E-state index contributed by atoms with van der Waals surface area (Å²) in [5.74, 6) is 0.232. The topological polar surface area (TPSA) is 66.9 Å². The van der Waals surface area contributed by atoms with Crippen molar-refractivity contribution in [2.75, 3.05) is 11.9 Å². The molecule has 0 fully saturated rings. The molecular formula is C16H19BrN4O. The number of benzene rings is 1. The zero-order valence-electron chi connectivity index (χ0n) is 12.5. The Morgan fingerprint density at radius 1 is 1.27 bits per heavy atom. The summed E-state index contributed by atoms with van der Waals surface area (Å²) in [6.45, 7) is 2.80. The summed E-state index contributed by atoms with van der Waals surface area (Å²) >= 11 is 3.41. The Hall–Kier alpha value is -1.95. The first-order valence-electron chi connectivity index (χ1n) is 7.33. The van der Waals surface area contributed by atoms with E-state index in [0.717, 1.165) is 29.4 Å². The van der Waals surface area contributed by atoms with Crippen LogP contribution in [0.25, 0.3) is 0 Å². The number of unbranched alkanes of at least 4 members (excludes halogenated alkanes) is 2. The van der Waals surface area contributed by atoms with Gasteiger partial charge in [0.1, 0.15) is 5.69 Å². The van der Waals surface area contributed by atoms with Crippen LogP contribution in [0, 0.1) is 0 Å². The molecule has 22 heavy (non-hydrogen) atoms. The van der Waals surface area contributed by atoms with Gasteiger partial charge in [-0.2, -0.15) is 0 Å². The lowest BCUT2D eigenvalue weighted by atomic mass is 10.2. The standard InChI is InChI=1S/C16H19BrN4O/c1-2-3-4-9-18-15(22)14-8-10-19-16(21-14)20-13-7-5-6-12(17)11-13/h5-8,10-11H,2-4,9H2,1H3,(H,18,22)(H,19,20,21). The molecule has 1 aromatic heterocycles. The number of hydrogen-bond acceptors (Lipinski definition) is 4. The second-order valence-electron chi connectivity index (χ2n) is 4.86. The van der Waals surface area contributed by atoms with E-state index in [1.165, 1.54) is 0 Å². The quantitative estimate of drug-likeness (QED) is 0.732. The van der Waals surface area contributed by atoms with Gasteiger partial charge in [-0.15, -0.1) is 0 Å². The molecule has 0 unspecified atom stereocenters. The largest absolute Gasteiger partial charge is 0.351 e. The fraction of sp³-hybridized carbons (Fsp3) is 0.312. The Balaban J connectivity index is 1.98. The fourth-order valence-electron chi connectivity index (χ4n) is 1.91. The lowest BCUT2D eigenvalue weighted by Crippen LogP contribution is -2.25. The number of anilines is 2. The van der Waals surface area contributed by atoms with E-state index in [0.29, 0.717) is 18.2 Å². The summed E-state index contributed by atoms with van der Waals surface area (Å²) in [4.78, 5) is 20.4. The van der Waals surface area contributed by atoms with Gasteiger partial charge in [-0.05, 0) is 30.7 Å². The first-order valence-corrected chi connectivity index (χ1v) is 8.12. The summed E-state index contributed by atoms with van der Waals surface area (Å²) in [5, 5.41) is 5.95. The summed E-state index contributed by atoms with van der Waals surface area (Å²) in [7, 11) is 0. The van der Waals surface area contributed by atoms with Crippen molar-refractivity contribution in [1.82, 2.24) is 15.3 Å². The number of amides is 1. The van der Waals surface area contributed by atoms with Gasteiger partial charge >= 0.3 is 0 Å². The molecule has 1 heterocycles. The van der Waals surface area contributed by atoms with Crippen LogP contribution >= 0.6 is 15.9 Å². The van der Waals surface area contributed by atoms with Gasteiger partial charge in [-0.1, -0.05) is 41.8 Å². The van der Waals surface area contributed by atoms with Gasteiger partial charge in [-0.3, -0.25) is 4.79 Å². The van der Waals surface area contributed by atoms with Crippen LogP contribution in [0.4, 0.5) is 11.6 Å². The van der Waals surface area contributed by atoms with Crippen LogP contribution < -0.4 is 10.6 Å². The molecule has 5 nitrogen and oxygen atoms in total. The number of carbonyl (C=O) groups excluding carboxylic acids is 1. The third-order valence-electron chi connectivity index (χ3n) is 3.03. The first-order chi connectivity index (χ1) is 10.7. The van der Waals surface area contributed by atoms with Crippen molar-refractivity contribution in [1.29, 1.82) is 0 Å². The van der Waals surface area contributed by atoms with Crippen molar-refractivity contribution in [3.05, 3.63) is 46.7 Å². The number of carbonyl (C=O) groups is 1. The monoisotopic (exact) mass is 362 g/mol. The number of halogens is 1. The second kappa shape index (κ2) is 8.48. The number of nitrogens with one attached hydrogen (secondary N) is 2. The molecule has 2 N–H and O–H groups in total. The molecule has 2 rings (SSSR count). The van der Waals surface area contributed by atoms with Gasteiger partial charge in [-0.25, -0.2) is 9.97 Å². The molecule has 0 bridgehead atoms. The van der Waals surface area contributed by atoms with Gasteiger partial charge in [0.25, 0.3) is 5.91 Å². The van der Waals surface area contributed by atoms with Crippen LogP contribution in [0.2, 0.25) is 0 Å². The molecule has 1 aromatic carbocycles. The van der Waals surface area contributed by atoms with Gasteiger partial charge in [0, 0.05) is 22.9 Å². The second-order valence-corrected chi connectivity index (χ2v) is 5.78. The Labute approximate surface area is 138 Å². The van der Waals surface area contributed by atoms with E-state index < -0.39 is 0 Å². The third-order valence-corrected chi connectivity index (χ3v) is 3.53. The molecule has 0 spiro atoms. The molecule has 0 aliphatic rings. The molecule has 1 amide bonds. The number of nitrogens with zero attached hydrogens (tertiary/aromatic N) is 2. The third kappa shape index (κ3) is 5.11. The summed E-state index contributed by atoms with van der Waals surface area (Å²) < 4.78 is 0.960. The maximum atomic E-state index is 12.0. The SMILES string of the molecule is CCCCCNC(=O)c1ccnc(Nc2cccc(Br)c2)n1. The zero-order chi connectivity index (χ0) is 15.8. The average molecular weight is 363 g/mol. The lowest BCUT2D eigenvalue weighted by Gasteiger charge is -2.07. The summed E-state index contributed by atoms with van der Waals surface area (Å²) in [6, 6.07) is 9.29. The van der Waals surface area contributed by atoms with E-state index in [-0.39, 0.29) is 5.91 Å². The van der Waals surface area contributed by atoms with E-state index in [9.17, 15) is 4.79 Å². The highest BCUT2D eigenvalue weighted by Crippen LogP contribution is 2.18. The highest BCUT2D eigenvalue weighted by atomic mass is 79.9. The van der Waals surface area contributed by atoms with Crippen LogP contribution in [-0.2, 0) is 0 Å². The number of hydrogen-bond donors (Lipinski definition) is 2. The van der Waals surface area contributed by atoms with E-state index in [2.05, 4.69) is 43.5 Å². The van der Waals surface area contributed by atoms with E-state index in [1.54, 1.807) is 12.3 Å². The highest BCUT2D eigenvalue weighted by molar-refractivity contribution is 9.10. The van der Waals surface area contributed by atoms with Gasteiger partial charge in [0.2, 0.25) is 5.95 Å². The predicted molar refractivity (Wildman–Crippen MR) is 91.3 cm³/mol. The van der Waals surface area contributed by atoms with E-state index in [1.807, 2.05) is 24.3 Å². The van der Waals surface area contributed by atoms with Crippen LogP contribution in [0.15, 0.2) is 41.0 Å². The molecule has 0 atom stereocenters. The van der Waals surface area contributed by atoms with E-state index in [4.69, 9.17) is 0 Å². The van der Waals surface area contributed by atoms with Crippen LogP contribution in [0.5, 0.6) is 0 Å². The maximum absolute atomic E-state index is 12.0. The molecule has 0 aliphatic heterocycles. The zero-order valence-corrected chi connectivity index (χ0v) is 14.1. The summed E-state index contributed by atoms with van der Waals surface area (Å²) in [6.07, 6.45) is 4.80. The number of aromatic nitrogens is 2. The number of rotatable bonds is 7. The van der Waals surface area contributed by atoms with Crippen molar-refractivity contribution in [2.45, 2.75) is 26.2 Å². The molecule has 0 saturated carbocycles. The minimum absolute atomic E-state index is 0.171. The average Bonchev–Trinajstić information content (AvgIpc) is 2.52. The molecule has 0 aliphatic carbocycles. The highest BCUT2D eigenvalue weighted by Gasteiger charge is 2.08.